The summed E-state index contributed by atoms with van der Waals surface area (Å²) in [4.78, 5) is 4.69. The van der Waals surface area contributed by atoms with E-state index < -0.39 is 0 Å². The number of halogens is 1. The number of pyridine rings is 1. The van der Waals surface area contributed by atoms with Crippen LogP contribution in [-0.2, 0) is 0 Å². The Morgan fingerprint density at radius 3 is 2.55 bits per heavy atom. The monoisotopic (exact) mass is 292 g/mol. The van der Waals surface area contributed by atoms with E-state index in [9.17, 15) is 0 Å². The Balaban J connectivity index is 1.98. The van der Waals surface area contributed by atoms with Gasteiger partial charge in [0.25, 0.3) is 0 Å². The molecule has 3 heterocycles. The minimum absolute atomic E-state index is 0.457. The highest BCUT2D eigenvalue weighted by Gasteiger charge is 2.18. The lowest BCUT2D eigenvalue weighted by molar-refractivity contribution is 0.313. The number of anilines is 1. The van der Waals surface area contributed by atoms with Crippen molar-refractivity contribution in [2.24, 2.45) is 0 Å². The summed E-state index contributed by atoms with van der Waals surface area (Å²) in [6, 6.07) is 2.05. The molecule has 1 aliphatic rings. The highest BCUT2D eigenvalue weighted by atomic mass is 35.5. The molecule has 2 aromatic rings. The van der Waals surface area contributed by atoms with Gasteiger partial charge < -0.3 is 9.80 Å². The molecule has 4 nitrogen and oxygen atoms in total. The van der Waals surface area contributed by atoms with E-state index in [2.05, 4.69) is 48.1 Å². The number of hydrogen-bond acceptors (Lipinski definition) is 3. The molecule has 108 valence electrons. The first-order chi connectivity index (χ1) is 9.56. The van der Waals surface area contributed by atoms with Gasteiger partial charge in [-0.2, -0.15) is 5.10 Å². The molecule has 0 aromatic carbocycles. The summed E-state index contributed by atoms with van der Waals surface area (Å²) in [6.07, 6.45) is 4.01. The molecule has 1 aliphatic heterocycles. The number of fused-ring (bicyclic) bond motifs is 1. The van der Waals surface area contributed by atoms with Crippen LogP contribution in [0.25, 0.3) is 5.52 Å². The Kier molecular flexibility index (Phi) is 3.61. The van der Waals surface area contributed by atoms with E-state index in [-0.39, 0.29) is 0 Å². The third kappa shape index (κ3) is 2.38. The number of rotatable bonds is 2. The summed E-state index contributed by atoms with van der Waals surface area (Å²) in [5.41, 5.74) is 3.45. The predicted octanol–water partition coefficient (Wildman–Crippen LogP) is 2.86. The predicted molar refractivity (Wildman–Crippen MR) is 84.0 cm³/mol. The van der Waals surface area contributed by atoms with E-state index >= 15 is 0 Å². The first-order valence-corrected chi connectivity index (χ1v) is 7.54. The Bertz CT molecular complexity index is 612. The lowest BCUT2D eigenvalue weighted by Gasteiger charge is -2.34. The highest BCUT2D eigenvalue weighted by Crippen LogP contribution is 2.30. The standard InChI is InChI=1S/C15H21ClN4/c1-11(2)12-9-17-20-10-15(13(16)8-14(12)20)19-6-4-18(3)5-7-19/h8-11H,4-7H2,1-3H3. The van der Waals surface area contributed by atoms with E-state index in [4.69, 9.17) is 11.6 Å². The number of hydrogen-bond donors (Lipinski definition) is 0. The minimum Gasteiger partial charge on any atom is -0.367 e. The molecule has 0 saturated carbocycles. The zero-order chi connectivity index (χ0) is 14.3. The summed E-state index contributed by atoms with van der Waals surface area (Å²) in [7, 11) is 2.16. The van der Waals surface area contributed by atoms with Gasteiger partial charge in [-0.3, -0.25) is 0 Å². The van der Waals surface area contributed by atoms with Crippen LogP contribution in [0.3, 0.4) is 0 Å². The van der Waals surface area contributed by atoms with E-state index in [0.29, 0.717) is 5.92 Å². The first kappa shape index (κ1) is 13.7. The quantitative estimate of drug-likeness (QED) is 0.850. The van der Waals surface area contributed by atoms with Crippen molar-refractivity contribution in [1.29, 1.82) is 0 Å². The Hall–Kier alpha value is -1.26. The van der Waals surface area contributed by atoms with Crippen molar-refractivity contribution < 1.29 is 0 Å². The van der Waals surface area contributed by atoms with Crippen molar-refractivity contribution in [3.05, 3.63) is 29.0 Å². The molecule has 0 unspecified atom stereocenters. The molecule has 0 bridgehead atoms. The zero-order valence-corrected chi connectivity index (χ0v) is 13.1. The maximum atomic E-state index is 6.51. The molecule has 5 heteroatoms. The van der Waals surface area contributed by atoms with E-state index in [1.807, 2.05) is 10.7 Å². The van der Waals surface area contributed by atoms with Crippen LogP contribution in [0.4, 0.5) is 5.69 Å². The second kappa shape index (κ2) is 5.26. The zero-order valence-electron chi connectivity index (χ0n) is 12.3. The van der Waals surface area contributed by atoms with Gasteiger partial charge in [0.2, 0.25) is 0 Å². The average Bonchev–Trinajstić information content (AvgIpc) is 2.81. The molecule has 2 aromatic heterocycles. The second-order valence-electron chi connectivity index (χ2n) is 5.88. The minimum atomic E-state index is 0.457. The molecule has 3 rings (SSSR count). The molecule has 0 N–H and O–H groups in total. The molecule has 0 amide bonds. The molecular formula is C15H21ClN4. The Morgan fingerprint density at radius 2 is 1.90 bits per heavy atom. The fraction of sp³-hybridized carbons (Fsp3) is 0.533. The Labute approximate surface area is 124 Å². The van der Waals surface area contributed by atoms with Crippen LogP contribution in [0.1, 0.15) is 25.3 Å². The van der Waals surface area contributed by atoms with Gasteiger partial charge in [-0.15, -0.1) is 0 Å². The highest BCUT2D eigenvalue weighted by molar-refractivity contribution is 6.33. The summed E-state index contributed by atoms with van der Waals surface area (Å²) in [5.74, 6) is 0.457. The smallest absolute Gasteiger partial charge is 0.0744 e. The van der Waals surface area contributed by atoms with Crippen molar-refractivity contribution in [3.8, 4) is 0 Å². The lowest BCUT2D eigenvalue weighted by atomic mass is 10.1. The summed E-state index contributed by atoms with van der Waals surface area (Å²) in [5, 5.41) is 5.30. The SMILES string of the molecule is CC(C)c1cnn2cc(N3CCN(C)CC3)c(Cl)cc12. The Morgan fingerprint density at radius 1 is 1.20 bits per heavy atom. The number of piperazine rings is 1. The van der Waals surface area contributed by atoms with Crippen molar-refractivity contribution in [2.75, 3.05) is 38.1 Å². The van der Waals surface area contributed by atoms with E-state index in [1.54, 1.807) is 0 Å². The van der Waals surface area contributed by atoms with Gasteiger partial charge in [0.15, 0.2) is 0 Å². The normalized spacial score (nSPS) is 17.4. The van der Waals surface area contributed by atoms with Crippen LogP contribution < -0.4 is 4.90 Å². The van der Waals surface area contributed by atoms with Crippen LogP contribution in [-0.4, -0.2) is 47.7 Å². The van der Waals surface area contributed by atoms with Gasteiger partial charge in [-0.25, -0.2) is 4.52 Å². The molecule has 0 radical (unpaired) electrons. The summed E-state index contributed by atoms with van der Waals surface area (Å²) in [6.45, 7) is 8.54. The number of aromatic nitrogens is 2. The lowest BCUT2D eigenvalue weighted by Crippen LogP contribution is -2.44. The van der Waals surface area contributed by atoms with Crippen LogP contribution in [0.15, 0.2) is 18.5 Å². The van der Waals surface area contributed by atoms with Crippen LogP contribution in [0.5, 0.6) is 0 Å². The third-order valence-corrected chi connectivity index (χ3v) is 4.39. The van der Waals surface area contributed by atoms with E-state index in [1.165, 1.54) is 5.56 Å². The largest absolute Gasteiger partial charge is 0.367 e. The third-order valence-electron chi connectivity index (χ3n) is 4.08. The van der Waals surface area contributed by atoms with Crippen molar-refractivity contribution >= 4 is 22.8 Å². The molecule has 1 fully saturated rings. The van der Waals surface area contributed by atoms with Crippen LogP contribution >= 0.6 is 11.6 Å². The van der Waals surface area contributed by atoms with Gasteiger partial charge in [0, 0.05) is 31.7 Å². The molecule has 0 spiro atoms. The number of nitrogens with zero attached hydrogens (tertiary/aromatic N) is 4. The van der Waals surface area contributed by atoms with Gasteiger partial charge in [0.05, 0.1) is 28.6 Å². The van der Waals surface area contributed by atoms with E-state index in [0.717, 1.165) is 42.4 Å². The first-order valence-electron chi connectivity index (χ1n) is 7.16. The van der Waals surface area contributed by atoms with Gasteiger partial charge >= 0.3 is 0 Å². The van der Waals surface area contributed by atoms with Crippen LogP contribution in [0.2, 0.25) is 5.02 Å². The molecule has 0 aliphatic carbocycles. The van der Waals surface area contributed by atoms with Gasteiger partial charge in [0.1, 0.15) is 0 Å². The topological polar surface area (TPSA) is 23.8 Å². The molecular weight excluding hydrogens is 272 g/mol. The second-order valence-corrected chi connectivity index (χ2v) is 6.29. The fourth-order valence-electron chi connectivity index (χ4n) is 2.73. The van der Waals surface area contributed by atoms with Crippen LogP contribution in [0, 0.1) is 0 Å². The van der Waals surface area contributed by atoms with Crippen molar-refractivity contribution in [1.82, 2.24) is 14.5 Å². The maximum absolute atomic E-state index is 6.51. The summed E-state index contributed by atoms with van der Waals surface area (Å²) >= 11 is 6.51. The van der Waals surface area contributed by atoms with Crippen molar-refractivity contribution in [2.45, 2.75) is 19.8 Å². The molecule has 1 saturated heterocycles. The van der Waals surface area contributed by atoms with Crippen molar-refractivity contribution in [3.63, 3.8) is 0 Å². The van der Waals surface area contributed by atoms with Gasteiger partial charge in [-0.1, -0.05) is 25.4 Å². The van der Waals surface area contributed by atoms with Gasteiger partial charge in [-0.05, 0) is 19.0 Å². The molecule has 0 atom stereocenters. The molecule has 20 heavy (non-hydrogen) atoms. The maximum Gasteiger partial charge on any atom is 0.0744 e. The summed E-state index contributed by atoms with van der Waals surface area (Å²) < 4.78 is 1.95. The number of likely N-dealkylation sites (N-methyl/N-ethyl adjacent to an activating group) is 1. The average molecular weight is 293 g/mol. The fourth-order valence-corrected chi connectivity index (χ4v) is 3.01.